The number of carbonyl (C=O) groups is 2. The molecule has 1 saturated heterocycles. The standard InChI is InChI=1S/C32H31N3O6S/c1-40-27-20-22(14-15-35-31(36)25-12-6-8-23-9-7-13-26(29(23)25)32(35)37)21-28(30(27)41-2)42(38,39)34-18-16-33(17-19-34)24-10-4-3-5-11-24/h3-13,20-21H,14-19H2,1-2H3. The average Bonchev–Trinajstić information content (AvgIpc) is 3.03. The Morgan fingerprint density at radius 2 is 1.40 bits per heavy atom. The van der Waals surface area contributed by atoms with Gasteiger partial charge in [0.25, 0.3) is 11.8 Å². The van der Waals surface area contributed by atoms with Gasteiger partial charge in [-0.15, -0.1) is 0 Å². The first kappa shape index (κ1) is 27.7. The Bertz CT molecular complexity index is 1730. The molecule has 9 nitrogen and oxygen atoms in total. The van der Waals surface area contributed by atoms with E-state index in [9.17, 15) is 18.0 Å². The van der Waals surface area contributed by atoms with E-state index >= 15 is 0 Å². The smallest absolute Gasteiger partial charge is 0.261 e. The minimum atomic E-state index is -3.94. The second kappa shape index (κ2) is 11.1. The maximum absolute atomic E-state index is 13.9. The lowest BCUT2D eigenvalue weighted by atomic mass is 9.94. The molecule has 0 spiro atoms. The van der Waals surface area contributed by atoms with Gasteiger partial charge >= 0.3 is 0 Å². The summed E-state index contributed by atoms with van der Waals surface area (Å²) in [6, 6.07) is 24.0. The quantitative estimate of drug-likeness (QED) is 0.286. The molecule has 10 heteroatoms. The van der Waals surface area contributed by atoms with E-state index in [0.717, 1.165) is 11.1 Å². The molecule has 0 bridgehead atoms. The SMILES string of the molecule is COc1cc(CCN2C(=O)c3cccc4cccc(c34)C2=O)cc(S(=O)(=O)N2CCN(c3ccccc3)CC2)c1OC. The van der Waals surface area contributed by atoms with Crippen molar-refractivity contribution in [2.24, 2.45) is 0 Å². The third kappa shape index (κ3) is 4.76. The van der Waals surface area contributed by atoms with Gasteiger partial charge in [-0.2, -0.15) is 4.31 Å². The van der Waals surface area contributed by atoms with Crippen molar-refractivity contribution in [3.05, 3.63) is 95.6 Å². The Hall–Kier alpha value is -4.41. The Kier molecular flexibility index (Phi) is 7.34. The number of para-hydroxylation sites is 1. The zero-order valence-electron chi connectivity index (χ0n) is 23.4. The van der Waals surface area contributed by atoms with E-state index < -0.39 is 10.0 Å². The highest BCUT2D eigenvalue weighted by Crippen LogP contribution is 2.38. The summed E-state index contributed by atoms with van der Waals surface area (Å²) >= 11 is 0. The maximum atomic E-state index is 13.9. The molecule has 2 heterocycles. The summed E-state index contributed by atoms with van der Waals surface area (Å²) in [7, 11) is -1.08. The molecule has 0 radical (unpaired) electrons. The summed E-state index contributed by atoms with van der Waals surface area (Å²) < 4.78 is 40.4. The molecule has 0 N–H and O–H groups in total. The summed E-state index contributed by atoms with van der Waals surface area (Å²) in [6.45, 7) is 1.81. The van der Waals surface area contributed by atoms with Crippen molar-refractivity contribution in [3.63, 3.8) is 0 Å². The summed E-state index contributed by atoms with van der Waals surface area (Å²) in [6.07, 6.45) is 0.236. The van der Waals surface area contributed by atoms with Crippen LogP contribution in [0.15, 0.2) is 83.8 Å². The lowest BCUT2D eigenvalue weighted by Crippen LogP contribution is -2.48. The molecule has 0 saturated carbocycles. The Morgan fingerprint density at radius 3 is 2.00 bits per heavy atom. The van der Waals surface area contributed by atoms with E-state index in [1.165, 1.54) is 23.4 Å². The monoisotopic (exact) mass is 585 g/mol. The number of nitrogens with zero attached hydrogens (tertiary/aromatic N) is 3. The fraction of sp³-hybridized carbons (Fsp3) is 0.250. The second-order valence-electron chi connectivity index (χ2n) is 10.3. The van der Waals surface area contributed by atoms with Gasteiger partial charge in [0.15, 0.2) is 11.5 Å². The molecule has 42 heavy (non-hydrogen) atoms. The Labute approximate surface area is 244 Å². The largest absolute Gasteiger partial charge is 0.493 e. The molecule has 2 amide bonds. The van der Waals surface area contributed by atoms with Crippen molar-refractivity contribution in [3.8, 4) is 11.5 Å². The first-order chi connectivity index (χ1) is 20.3. The number of imide groups is 1. The zero-order chi connectivity index (χ0) is 29.4. The van der Waals surface area contributed by atoms with Crippen LogP contribution in [0.25, 0.3) is 10.8 Å². The van der Waals surface area contributed by atoms with E-state index in [4.69, 9.17) is 9.47 Å². The minimum Gasteiger partial charge on any atom is -0.493 e. The van der Waals surface area contributed by atoms with Crippen LogP contribution in [0.3, 0.4) is 0 Å². The van der Waals surface area contributed by atoms with Crippen molar-refractivity contribution in [2.75, 3.05) is 51.8 Å². The van der Waals surface area contributed by atoms with Gasteiger partial charge in [-0.3, -0.25) is 14.5 Å². The number of hydrogen-bond donors (Lipinski definition) is 0. The van der Waals surface area contributed by atoms with Gasteiger partial charge in [-0.05, 0) is 53.8 Å². The first-order valence-corrected chi connectivity index (χ1v) is 15.2. The topological polar surface area (TPSA) is 96.5 Å². The van der Waals surface area contributed by atoms with E-state index in [1.807, 2.05) is 42.5 Å². The van der Waals surface area contributed by atoms with Gasteiger partial charge in [0.1, 0.15) is 4.90 Å². The average molecular weight is 586 g/mol. The number of rotatable bonds is 8. The number of carbonyl (C=O) groups excluding carboxylic acids is 2. The molecule has 0 atom stereocenters. The molecule has 0 unspecified atom stereocenters. The number of sulfonamides is 1. The summed E-state index contributed by atoms with van der Waals surface area (Å²) in [4.78, 5) is 30.1. The second-order valence-corrected chi connectivity index (χ2v) is 12.2. The van der Waals surface area contributed by atoms with Gasteiger partial charge in [-0.25, -0.2) is 8.42 Å². The molecule has 216 valence electrons. The zero-order valence-corrected chi connectivity index (χ0v) is 24.3. The van der Waals surface area contributed by atoms with E-state index in [1.54, 1.807) is 36.4 Å². The van der Waals surface area contributed by atoms with Crippen LogP contribution in [0.1, 0.15) is 26.3 Å². The molecule has 4 aromatic carbocycles. The van der Waals surface area contributed by atoms with Crippen LogP contribution in [-0.4, -0.2) is 76.4 Å². The van der Waals surface area contributed by atoms with E-state index in [-0.39, 0.29) is 41.2 Å². The van der Waals surface area contributed by atoms with Crippen LogP contribution in [0.4, 0.5) is 5.69 Å². The predicted octanol–water partition coefficient (Wildman–Crippen LogP) is 4.21. The molecule has 4 aromatic rings. The fourth-order valence-corrected chi connectivity index (χ4v) is 7.45. The summed E-state index contributed by atoms with van der Waals surface area (Å²) in [5, 5.41) is 1.50. The molecule has 2 aliphatic heterocycles. The lowest BCUT2D eigenvalue weighted by molar-refractivity contribution is 0.0612. The van der Waals surface area contributed by atoms with Crippen LogP contribution in [-0.2, 0) is 16.4 Å². The molecule has 2 aliphatic rings. The maximum Gasteiger partial charge on any atom is 0.261 e. The third-order valence-corrected chi connectivity index (χ3v) is 9.87. The van der Waals surface area contributed by atoms with Crippen molar-refractivity contribution in [1.82, 2.24) is 9.21 Å². The van der Waals surface area contributed by atoms with Crippen LogP contribution in [0.5, 0.6) is 11.5 Å². The summed E-state index contributed by atoms with van der Waals surface area (Å²) in [5.41, 5.74) is 2.61. The molecule has 0 aliphatic carbocycles. The number of methoxy groups -OCH3 is 2. The normalized spacial score (nSPS) is 15.8. The van der Waals surface area contributed by atoms with E-state index in [2.05, 4.69) is 4.90 Å². The molecule has 1 fully saturated rings. The lowest BCUT2D eigenvalue weighted by Gasteiger charge is -2.35. The third-order valence-electron chi connectivity index (χ3n) is 7.96. The van der Waals surface area contributed by atoms with E-state index in [0.29, 0.717) is 48.3 Å². The van der Waals surface area contributed by atoms with Crippen LogP contribution in [0, 0.1) is 0 Å². The highest BCUT2D eigenvalue weighted by atomic mass is 32.2. The fourth-order valence-electron chi connectivity index (χ4n) is 5.81. The molecular formula is C32H31N3O6S. The number of ether oxygens (including phenoxy) is 2. The van der Waals surface area contributed by atoms with Crippen LogP contribution >= 0.6 is 0 Å². The van der Waals surface area contributed by atoms with Gasteiger partial charge in [0, 0.05) is 54.9 Å². The van der Waals surface area contributed by atoms with Gasteiger partial charge in [-0.1, -0.05) is 42.5 Å². The molecule has 0 aromatic heterocycles. The van der Waals surface area contributed by atoms with Gasteiger partial charge in [0.2, 0.25) is 10.0 Å². The van der Waals surface area contributed by atoms with Crippen molar-refractivity contribution in [1.29, 1.82) is 0 Å². The van der Waals surface area contributed by atoms with Crippen molar-refractivity contribution < 1.29 is 27.5 Å². The first-order valence-electron chi connectivity index (χ1n) is 13.8. The number of piperazine rings is 1. The number of amides is 2. The highest BCUT2D eigenvalue weighted by Gasteiger charge is 2.35. The minimum absolute atomic E-state index is 0.000998. The number of benzene rings is 4. The Morgan fingerprint density at radius 1 is 0.762 bits per heavy atom. The molecule has 6 rings (SSSR count). The predicted molar refractivity (Wildman–Crippen MR) is 160 cm³/mol. The molecular weight excluding hydrogens is 554 g/mol. The van der Waals surface area contributed by atoms with Gasteiger partial charge < -0.3 is 14.4 Å². The number of hydrogen-bond acceptors (Lipinski definition) is 7. The number of anilines is 1. The van der Waals surface area contributed by atoms with Crippen LogP contribution in [0.2, 0.25) is 0 Å². The Balaban J connectivity index is 1.26. The highest BCUT2D eigenvalue weighted by molar-refractivity contribution is 7.89. The van der Waals surface area contributed by atoms with Crippen LogP contribution < -0.4 is 14.4 Å². The summed E-state index contributed by atoms with van der Waals surface area (Å²) in [5.74, 6) is -0.344. The van der Waals surface area contributed by atoms with Crippen molar-refractivity contribution in [2.45, 2.75) is 11.3 Å². The van der Waals surface area contributed by atoms with Gasteiger partial charge in [0.05, 0.1) is 14.2 Å². The van der Waals surface area contributed by atoms with Crippen molar-refractivity contribution >= 4 is 38.3 Å².